The average molecular weight is 356 g/mol. The fourth-order valence-electron chi connectivity index (χ4n) is 2.31. The lowest BCUT2D eigenvalue weighted by atomic mass is 10.0. The minimum atomic E-state index is -0.348. The first-order chi connectivity index (χ1) is 10.7. The average Bonchev–Trinajstić information content (AvgIpc) is 2.54. The molecule has 110 valence electrons. The van der Waals surface area contributed by atoms with Gasteiger partial charge < -0.3 is 4.74 Å². The number of rotatable bonds is 3. The zero-order valence-electron chi connectivity index (χ0n) is 12.0. The van der Waals surface area contributed by atoms with E-state index in [0.717, 1.165) is 20.9 Å². The third-order valence-electron chi connectivity index (χ3n) is 3.34. The quantitative estimate of drug-likeness (QED) is 0.631. The highest BCUT2D eigenvalue weighted by Crippen LogP contribution is 2.27. The lowest BCUT2D eigenvalue weighted by molar-refractivity contribution is 0.0527. The number of pyridine rings is 1. The van der Waals surface area contributed by atoms with Crippen LogP contribution in [0.4, 0.5) is 0 Å². The zero-order chi connectivity index (χ0) is 15.5. The van der Waals surface area contributed by atoms with Gasteiger partial charge in [0.25, 0.3) is 0 Å². The summed E-state index contributed by atoms with van der Waals surface area (Å²) in [5.74, 6) is -0.348. The largest absolute Gasteiger partial charge is 0.462 e. The first-order valence-electron chi connectivity index (χ1n) is 7.02. The summed E-state index contributed by atoms with van der Waals surface area (Å²) in [7, 11) is 0. The van der Waals surface area contributed by atoms with Crippen molar-refractivity contribution in [3.05, 3.63) is 64.6 Å². The first kappa shape index (κ1) is 14.7. The molecule has 0 aliphatic rings. The molecule has 0 unspecified atom stereocenters. The van der Waals surface area contributed by atoms with Gasteiger partial charge in [0.2, 0.25) is 0 Å². The van der Waals surface area contributed by atoms with E-state index in [2.05, 4.69) is 20.9 Å². The topological polar surface area (TPSA) is 39.2 Å². The van der Waals surface area contributed by atoms with Crippen LogP contribution in [-0.4, -0.2) is 17.6 Å². The highest BCUT2D eigenvalue weighted by molar-refractivity contribution is 9.10. The Morgan fingerprint density at radius 2 is 1.86 bits per heavy atom. The Hall–Kier alpha value is -2.20. The van der Waals surface area contributed by atoms with E-state index in [1.54, 1.807) is 6.92 Å². The van der Waals surface area contributed by atoms with Crippen molar-refractivity contribution in [2.24, 2.45) is 0 Å². The number of hydrogen-bond donors (Lipinski definition) is 0. The number of fused-ring (bicyclic) bond motifs is 1. The summed E-state index contributed by atoms with van der Waals surface area (Å²) in [6, 6.07) is 17.3. The van der Waals surface area contributed by atoms with Crippen LogP contribution in [-0.2, 0) is 4.74 Å². The standard InChI is InChI=1S/C18H14BrNO2/c1-2-22-18(21)15-11-13-5-3-4-6-16(13)20-17(15)12-7-9-14(19)10-8-12/h3-11H,2H2,1H3. The molecule has 0 aliphatic carbocycles. The Bertz CT molecular complexity index is 828. The maximum Gasteiger partial charge on any atom is 0.340 e. The van der Waals surface area contributed by atoms with Crippen LogP contribution < -0.4 is 0 Å². The Balaban J connectivity index is 2.22. The van der Waals surface area contributed by atoms with Gasteiger partial charge in [-0.15, -0.1) is 0 Å². The molecule has 0 amide bonds. The number of esters is 1. The van der Waals surface area contributed by atoms with Gasteiger partial charge in [-0.3, -0.25) is 0 Å². The van der Waals surface area contributed by atoms with Crippen LogP contribution in [0, 0.1) is 0 Å². The van der Waals surface area contributed by atoms with E-state index in [1.807, 2.05) is 54.6 Å². The maximum absolute atomic E-state index is 12.3. The van der Waals surface area contributed by atoms with Crippen LogP contribution in [0.1, 0.15) is 17.3 Å². The molecule has 2 aromatic carbocycles. The Morgan fingerprint density at radius 3 is 2.59 bits per heavy atom. The second kappa shape index (κ2) is 6.28. The van der Waals surface area contributed by atoms with Gasteiger partial charge in [-0.05, 0) is 31.2 Å². The van der Waals surface area contributed by atoms with E-state index in [9.17, 15) is 4.79 Å². The van der Waals surface area contributed by atoms with Gasteiger partial charge in [-0.1, -0.05) is 46.3 Å². The summed E-state index contributed by atoms with van der Waals surface area (Å²) < 4.78 is 6.16. The van der Waals surface area contributed by atoms with E-state index in [0.29, 0.717) is 17.9 Å². The number of ether oxygens (including phenoxy) is 1. The molecule has 3 aromatic rings. The molecule has 0 bridgehead atoms. The van der Waals surface area contributed by atoms with Crippen molar-refractivity contribution in [3.8, 4) is 11.3 Å². The first-order valence-corrected chi connectivity index (χ1v) is 7.81. The van der Waals surface area contributed by atoms with Crippen molar-refractivity contribution in [2.45, 2.75) is 6.92 Å². The molecule has 0 radical (unpaired) electrons. The van der Waals surface area contributed by atoms with Crippen LogP contribution in [0.2, 0.25) is 0 Å². The van der Waals surface area contributed by atoms with E-state index in [-0.39, 0.29) is 5.97 Å². The van der Waals surface area contributed by atoms with Crippen molar-refractivity contribution >= 4 is 32.8 Å². The molecule has 0 spiro atoms. The lowest BCUT2D eigenvalue weighted by Gasteiger charge is -2.10. The number of para-hydroxylation sites is 1. The number of nitrogens with zero attached hydrogens (tertiary/aromatic N) is 1. The predicted octanol–water partition coefficient (Wildman–Crippen LogP) is 4.84. The molecule has 1 aromatic heterocycles. The van der Waals surface area contributed by atoms with Crippen molar-refractivity contribution in [1.29, 1.82) is 0 Å². The number of benzene rings is 2. The number of carbonyl (C=O) groups is 1. The van der Waals surface area contributed by atoms with E-state index in [4.69, 9.17) is 4.74 Å². The van der Waals surface area contributed by atoms with Gasteiger partial charge in [-0.2, -0.15) is 0 Å². The molecule has 3 rings (SSSR count). The van der Waals surface area contributed by atoms with Crippen molar-refractivity contribution in [3.63, 3.8) is 0 Å². The highest BCUT2D eigenvalue weighted by atomic mass is 79.9. The molecule has 0 saturated carbocycles. The highest BCUT2D eigenvalue weighted by Gasteiger charge is 2.16. The summed E-state index contributed by atoms with van der Waals surface area (Å²) in [5.41, 5.74) is 2.87. The Morgan fingerprint density at radius 1 is 1.14 bits per heavy atom. The zero-order valence-corrected chi connectivity index (χ0v) is 13.6. The number of aromatic nitrogens is 1. The van der Waals surface area contributed by atoms with E-state index >= 15 is 0 Å². The van der Waals surface area contributed by atoms with Crippen LogP contribution in [0.25, 0.3) is 22.2 Å². The number of halogens is 1. The van der Waals surface area contributed by atoms with Gasteiger partial charge in [0.1, 0.15) is 0 Å². The van der Waals surface area contributed by atoms with Crippen molar-refractivity contribution < 1.29 is 9.53 Å². The molecule has 0 aliphatic heterocycles. The summed E-state index contributed by atoms with van der Waals surface area (Å²) in [4.78, 5) is 16.9. The minimum Gasteiger partial charge on any atom is -0.462 e. The minimum absolute atomic E-state index is 0.339. The third-order valence-corrected chi connectivity index (χ3v) is 3.87. The van der Waals surface area contributed by atoms with Gasteiger partial charge in [0, 0.05) is 15.4 Å². The van der Waals surface area contributed by atoms with Crippen LogP contribution in [0.5, 0.6) is 0 Å². The van der Waals surface area contributed by atoms with Crippen LogP contribution in [0.3, 0.4) is 0 Å². The smallest absolute Gasteiger partial charge is 0.340 e. The SMILES string of the molecule is CCOC(=O)c1cc2ccccc2nc1-c1ccc(Br)cc1. The monoisotopic (exact) mass is 355 g/mol. The summed E-state index contributed by atoms with van der Waals surface area (Å²) in [5, 5.41) is 0.923. The molecular weight excluding hydrogens is 342 g/mol. The molecule has 1 heterocycles. The molecule has 0 atom stereocenters. The van der Waals surface area contributed by atoms with Gasteiger partial charge in [0.05, 0.1) is 23.4 Å². The Labute approximate surface area is 137 Å². The maximum atomic E-state index is 12.3. The Kier molecular flexibility index (Phi) is 4.20. The molecule has 0 N–H and O–H groups in total. The van der Waals surface area contributed by atoms with E-state index in [1.165, 1.54) is 0 Å². The van der Waals surface area contributed by atoms with Crippen molar-refractivity contribution in [1.82, 2.24) is 4.98 Å². The molecule has 0 saturated heterocycles. The molecule has 22 heavy (non-hydrogen) atoms. The third kappa shape index (κ3) is 2.88. The second-order valence-corrected chi connectivity index (χ2v) is 5.72. The van der Waals surface area contributed by atoms with E-state index < -0.39 is 0 Å². The molecular formula is C18H14BrNO2. The van der Waals surface area contributed by atoms with Gasteiger partial charge in [-0.25, -0.2) is 9.78 Å². The predicted molar refractivity (Wildman–Crippen MR) is 90.8 cm³/mol. The fourth-order valence-corrected chi connectivity index (χ4v) is 2.57. The fraction of sp³-hybridized carbons (Fsp3) is 0.111. The van der Waals surface area contributed by atoms with Gasteiger partial charge in [0.15, 0.2) is 0 Å². The molecule has 3 nitrogen and oxygen atoms in total. The summed E-state index contributed by atoms with van der Waals surface area (Å²) >= 11 is 3.42. The van der Waals surface area contributed by atoms with Crippen LogP contribution in [0.15, 0.2) is 59.1 Å². The molecule has 0 fully saturated rings. The lowest BCUT2D eigenvalue weighted by Crippen LogP contribution is -2.08. The number of carbonyl (C=O) groups excluding carboxylic acids is 1. The summed E-state index contributed by atoms with van der Waals surface area (Å²) in [6.07, 6.45) is 0. The van der Waals surface area contributed by atoms with Crippen LogP contribution >= 0.6 is 15.9 Å². The number of hydrogen-bond acceptors (Lipinski definition) is 3. The summed E-state index contributed by atoms with van der Waals surface area (Å²) in [6.45, 7) is 2.14. The van der Waals surface area contributed by atoms with Crippen molar-refractivity contribution in [2.75, 3.05) is 6.61 Å². The normalized spacial score (nSPS) is 10.6. The van der Waals surface area contributed by atoms with Gasteiger partial charge >= 0.3 is 5.97 Å². The second-order valence-electron chi connectivity index (χ2n) is 4.80. The molecule has 4 heteroatoms.